The Kier molecular flexibility index (Phi) is 2.09. The SMILES string of the molecule is O=[C+]CCN1C(=O)C=CC1=O. The molecule has 0 saturated heterocycles. The normalized spacial score (nSPS) is 15.8. The van der Waals surface area contributed by atoms with E-state index in [4.69, 9.17) is 0 Å². The van der Waals surface area contributed by atoms with Crippen LogP contribution in [0.3, 0.4) is 0 Å². The molecule has 1 rings (SSSR count). The average Bonchev–Trinajstić information content (AvgIpc) is 2.29. The molecule has 1 aliphatic heterocycles. The van der Waals surface area contributed by atoms with Crippen molar-refractivity contribution in [1.29, 1.82) is 0 Å². The maximum absolute atomic E-state index is 10.8. The highest BCUT2D eigenvalue weighted by molar-refractivity contribution is 6.12. The maximum atomic E-state index is 10.8. The van der Waals surface area contributed by atoms with E-state index in [9.17, 15) is 14.4 Å². The van der Waals surface area contributed by atoms with Crippen LogP contribution in [0.1, 0.15) is 6.42 Å². The summed E-state index contributed by atoms with van der Waals surface area (Å²) in [7, 11) is 0. The minimum absolute atomic E-state index is 0.0825. The van der Waals surface area contributed by atoms with Gasteiger partial charge in [-0.25, -0.2) is 0 Å². The molecule has 0 aromatic rings. The molecule has 11 heavy (non-hydrogen) atoms. The van der Waals surface area contributed by atoms with Gasteiger partial charge in [-0.15, -0.1) is 0 Å². The van der Waals surface area contributed by atoms with E-state index in [2.05, 4.69) is 0 Å². The van der Waals surface area contributed by atoms with Crippen molar-refractivity contribution in [3.63, 3.8) is 0 Å². The number of amides is 2. The van der Waals surface area contributed by atoms with Gasteiger partial charge >= 0.3 is 6.29 Å². The molecule has 0 bridgehead atoms. The van der Waals surface area contributed by atoms with Crippen molar-refractivity contribution >= 4 is 18.1 Å². The Morgan fingerprint density at radius 3 is 2.27 bits per heavy atom. The Morgan fingerprint density at radius 2 is 1.82 bits per heavy atom. The van der Waals surface area contributed by atoms with Crippen LogP contribution in [0.25, 0.3) is 0 Å². The standard InChI is InChI=1S/C7H6NO3/c9-5-1-4-8-6(10)2-3-7(8)11/h2-3H,1,4H2/q+1. The first-order valence-electron chi connectivity index (χ1n) is 3.14. The molecule has 4 nitrogen and oxygen atoms in total. The van der Waals surface area contributed by atoms with Gasteiger partial charge < -0.3 is 0 Å². The van der Waals surface area contributed by atoms with Gasteiger partial charge in [-0.1, -0.05) is 0 Å². The summed E-state index contributed by atoms with van der Waals surface area (Å²) in [6, 6.07) is 0. The van der Waals surface area contributed by atoms with Crippen LogP contribution < -0.4 is 0 Å². The number of hydrogen-bond donors (Lipinski definition) is 0. The van der Waals surface area contributed by atoms with Crippen molar-refractivity contribution < 1.29 is 14.4 Å². The number of carbonyl (C=O) groups is 2. The monoisotopic (exact) mass is 152 g/mol. The maximum Gasteiger partial charge on any atom is 0.508 e. The minimum Gasteiger partial charge on any atom is -0.270 e. The van der Waals surface area contributed by atoms with Gasteiger partial charge in [-0.2, -0.15) is 0 Å². The average molecular weight is 152 g/mol. The van der Waals surface area contributed by atoms with Crippen molar-refractivity contribution in [3.05, 3.63) is 12.2 Å². The third-order valence-electron chi connectivity index (χ3n) is 1.34. The van der Waals surface area contributed by atoms with Crippen LogP contribution in [-0.4, -0.2) is 29.5 Å². The lowest BCUT2D eigenvalue weighted by molar-refractivity contribution is -0.136. The van der Waals surface area contributed by atoms with Crippen LogP contribution in [0.15, 0.2) is 12.2 Å². The highest BCUT2D eigenvalue weighted by atomic mass is 16.2. The molecule has 0 N–H and O–H groups in total. The van der Waals surface area contributed by atoms with Crippen molar-refractivity contribution in [1.82, 2.24) is 4.90 Å². The van der Waals surface area contributed by atoms with Gasteiger partial charge in [-0.05, 0) is 0 Å². The number of hydrogen-bond acceptors (Lipinski definition) is 3. The van der Waals surface area contributed by atoms with E-state index in [0.29, 0.717) is 0 Å². The van der Waals surface area contributed by atoms with E-state index in [-0.39, 0.29) is 24.8 Å². The molecule has 1 aliphatic rings. The lowest BCUT2D eigenvalue weighted by Gasteiger charge is -2.07. The van der Waals surface area contributed by atoms with Crippen molar-refractivity contribution in [2.24, 2.45) is 0 Å². The van der Waals surface area contributed by atoms with E-state index >= 15 is 0 Å². The lowest BCUT2D eigenvalue weighted by Crippen LogP contribution is -2.30. The predicted octanol–water partition coefficient (Wildman–Crippen LogP) is -0.589. The lowest BCUT2D eigenvalue weighted by atomic mass is 10.4. The second kappa shape index (κ2) is 3.03. The third-order valence-corrected chi connectivity index (χ3v) is 1.34. The Balaban J connectivity index is 2.52. The van der Waals surface area contributed by atoms with Crippen LogP contribution in [-0.2, 0) is 14.4 Å². The number of imide groups is 1. The summed E-state index contributed by atoms with van der Waals surface area (Å²) in [6.45, 7) is 0.133. The molecular formula is C7H6NO3+. The second-order valence-corrected chi connectivity index (χ2v) is 2.06. The predicted molar refractivity (Wildman–Crippen MR) is 36.2 cm³/mol. The van der Waals surface area contributed by atoms with Gasteiger partial charge in [0.25, 0.3) is 11.8 Å². The van der Waals surface area contributed by atoms with Gasteiger partial charge in [0.2, 0.25) is 6.42 Å². The van der Waals surface area contributed by atoms with Crippen molar-refractivity contribution in [3.8, 4) is 0 Å². The largest absolute Gasteiger partial charge is 0.508 e. The topological polar surface area (TPSA) is 54.5 Å². The van der Waals surface area contributed by atoms with Crippen LogP contribution >= 0.6 is 0 Å². The molecule has 0 aromatic carbocycles. The fourth-order valence-electron chi connectivity index (χ4n) is 0.809. The Bertz CT molecular complexity index is 214. The molecule has 4 heteroatoms. The molecule has 1 heterocycles. The molecule has 0 fully saturated rings. The molecule has 2 amide bonds. The summed E-state index contributed by atoms with van der Waals surface area (Å²) < 4.78 is 0. The van der Waals surface area contributed by atoms with E-state index in [1.54, 1.807) is 6.29 Å². The summed E-state index contributed by atoms with van der Waals surface area (Å²) in [6.07, 6.45) is 4.07. The molecule has 0 atom stereocenters. The Labute approximate surface area is 63.5 Å². The highest BCUT2D eigenvalue weighted by Gasteiger charge is 2.24. The Morgan fingerprint density at radius 1 is 1.27 bits per heavy atom. The number of rotatable bonds is 3. The highest BCUT2D eigenvalue weighted by Crippen LogP contribution is 2.02. The molecule has 0 spiro atoms. The molecule has 0 radical (unpaired) electrons. The van der Waals surface area contributed by atoms with Crippen molar-refractivity contribution in [2.75, 3.05) is 6.54 Å². The summed E-state index contributed by atoms with van der Waals surface area (Å²) >= 11 is 0. The van der Waals surface area contributed by atoms with Crippen LogP contribution in [0.2, 0.25) is 0 Å². The molecule has 0 unspecified atom stereocenters. The first-order chi connectivity index (χ1) is 5.25. The van der Waals surface area contributed by atoms with Crippen LogP contribution in [0.5, 0.6) is 0 Å². The first kappa shape index (κ1) is 7.57. The van der Waals surface area contributed by atoms with E-state index in [0.717, 1.165) is 4.90 Å². The second-order valence-electron chi connectivity index (χ2n) is 2.06. The summed E-state index contributed by atoms with van der Waals surface area (Å²) in [5.41, 5.74) is 0. The van der Waals surface area contributed by atoms with Gasteiger partial charge in [0.1, 0.15) is 0 Å². The zero-order chi connectivity index (χ0) is 8.27. The van der Waals surface area contributed by atoms with Crippen molar-refractivity contribution in [2.45, 2.75) is 6.42 Å². The number of nitrogens with zero attached hydrogens (tertiary/aromatic N) is 1. The molecule has 0 aromatic heterocycles. The van der Waals surface area contributed by atoms with Gasteiger partial charge in [0.05, 0.1) is 6.54 Å². The quantitative estimate of drug-likeness (QED) is 0.401. The van der Waals surface area contributed by atoms with E-state index < -0.39 is 0 Å². The summed E-state index contributed by atoms with van der Waals surface area (Å²) in [5, 5.41) is 0. The number of carbonyl (C=O) groups excluding carboxylic acids is 3. The fourth-order valence-corrected chi connectivity index (χ4v) is 0.809. The third kappa shape index (κ3) is 1.48. The first-order valence-corrected chi connectivity index (χ1v) is 3.14. The summed E-state index contributed by atoms with van der Waals surface area (Å²) in [5.74, 6) is -0.712. The van der Waals surface area contributed by atoms with Crippen LogP contribution in [0.4, 0.5) is 0 Å². The molecular weight excluding hydrogens is 146 g/mol. The minimum atomic E-state index is -0.356. The van der Waals surface area contributed by atoms with Crippen LogP contribution in [0, 0.1) is 0 Å². The zero-order valence-corrected chi connectivity index (χ0v) is 5.74. The smallest absolute Gasteiger partial charge is 0.270 e. The molecule has 0 aliphatic carbocycles. The molecule has 56 valence electrons. The zero-order valence-electron chi connectivity index (χ0n) is 5.74. The van der Waals surface area contributed by atoms with E-state index in [1.165, 1.54) is 12.2 Å². The molecule has 0 saturated carbocycles. The fraction of sp³-hybridized carbons (Fsp3) is 0.286. The van der Waals surface area contributed by atoms with E-state index in [1.807, 2.05) is 0 Å². The summed E-state index contributed by atoms with van der Waals surface area (Å²) in [4.78, 5) is 32.3. The van der Waals surface area contributed by atoms with Gasteiger partial charge in [-0.3, -0.25) is 14.5 Å². The Hall–Kier alpha value is -1.54. The van der Waals surface area contributed by atoms with Gasteiger partial charge in [0, 0.05) is 16.9 Å². The van der Waals surface area contributed by atoms with Gasteiger partial charge in [0.15, 0.2) is 0 Å².